The number of allylic oxidation sites excluding steroid dienone is 2. The largest absolute Gasteiger partial charge is 0.481 e. The zero-order valence-corrected chi connectivity index (χ0v) is 29.8. The highest BCUT2D eigenvalue weighted by Gasteiger charge is 2.34. The first-order valence-corrected chi connectivity index (χ1v) is 17.1. The molecule has 0 saturated heterocycles. The van der Waals surface area contributed by atoms with Gasteiger partial charge in [0, 0.05) is 52.6 Å². The average molecular weight is 686 g/mol. The molecule has 0 fully saturated rings. The van der Waals surface area contributed by atoms with Crippen LogP contribution in [0.15, 0.2) is 18.2 Å². The van der Waals surface area contributed by atoms with Crippen LogP contribution in [0.2, 0.25) is 0 Å². The van der Waals surface area contributed by atoms with Crippen molar-refractivity contribution in [3.05, 3.63) is 68.8 Å². The maximum atomic E-state index is 14.0. The van der Waals surface area contributed by atoms with Gasteiger partial charge in [-0.3, -0.25) is 19.4 Å². The van der Waals surface area contributed by atoms with Gasteiger partial charge in [-0.15, -0.1) is 0 Å². The second-order valence-electron chi connectivity index (χ2n) is 13.1. The number of H-pyrrole nitrogens is 2. The van der Waals surface area contributed by atoms with Crippen LogP contribution in [0.5, 0.6) is 0 Å². The molecule has 0 radical (unpaired) electrons. The number of amides is 1. The first kappa shape index (κ1) is 36.5. The average Bonchev–Trinajstić information content (AvgIpc) is 3.77. The van der Waals surface area contributed by atoms with E-state index in [1.165, 1.54) is 7.11 Å². The minimum atomic E-state index is -1.17. The number of esters is 1. The molecule has 5 heterocycles. The van der Waals surface area contributed by atoms with Crippen LogP contribution in [0.1, 0.15) is 114 Å². The number of carboxylic acid groups (broad SMARTS) is 1. The Morgan fingerprint density at radius 2 is 1.66 bits per heavy atom. The maximum absolute atomic E-state index is 14.0. The summed E-state index contributed by atoms with van der Waals surface area (Å²) in [7, 11) is 1.29. The van der Waals surface area contributed by atoms with E-state index in [4.69, 9.17) is 14.7 Å². The molecule has 3 aromatic rings. The lowest BCUT2D eigenvalue weighted by molar-refractivity contribution is -0.140. The number of carbonyl (C=O) groups excluding carboxylic acids is 2. The predicted molar refractivity (Wildman–Crippen MR) is 192 cm³/mol. The summed E-state index contributed by atoms with van der Waals surface area (Å²) >= 11 is 0. The predicted octanol–water partition coefficient (Wildman–Crippen LogP) is 5.39. The van der Waals surface area contributed by atoms with Crippen LogP contribution >= 0.6 is 0 Å². The molecule has 12 heteroatoms. The van der Waals surface area contributed by atoms with Crippen molar-refractivity contribution in [3.8, 4) is 0 Å². The molecule has 5 rings (SSSR count). The summed E-state index contributed by atoms with van der Waals surface area (Å²) in [6.07, 6.45) is 0.241. The van der Waals surface area contributed by atoms with Gasteiger partial charge in [0.2, 0.25) is 0 Å². The van der Waals surface area contributed by atoms with Crippen LogP contribution < -0.4 is 5.32 Å². The van der Waals surface area contributed by atoms with Crippen LogP contribution in [0.25, 0.3) is 33.2 Å². The molecule has 2 aliphatic rings. The van der Waals surface area contributed by atoms with Gasteiger partial charge < -0.3 is 35.3 Å². The van der Waals surface area contributed by atoms with Gasteiger partial charge in [-0.2, -0.15) is 0 Å². The van der Waals surface area contributed by atoms with Crippen molar-refractivity contribution in [1.82, 2.24) is 25.3 Å². The smallest absolute Gasteiger partial charge is 0.310 e. The van der Waals surface area contributed by atoms with Gasteiger partial charge >= 0.3 is 11.9 Å². The molecule has 0 aliphatic carbocycles. The van der Waals surface area contributed by atoms with Crippen LogP contribution in [-0.2, 0) is 27.2 Å². The van der Waals surface area contributed by atoms with Crippen molar-refractivity contribution in [2.45, 2.75) is 91.6 Å². The molecule has 6 N–H and O–H groups in total. The lowest BCUT2D eigenvalue weighted by Gasteiger charge is -2.17. The fourth-order valence-corrected chi connectivity index (χ4v) is 7.20. The Labute approximate surface area is 291 Å². The lowest BCUT2D eigenvalue weighted by atomic mass is 9.85. The molecule has 2 aliphatic heterocycles. The number of nitrogens with zero attached hydrogens (tertiary/aromatic N) is 2. The van der Waals surface area contributed by atoms with E-state index >= 15 is 0 Å². The van der Waals surface area contributed by atoms with Gasteiger partial charge in [0.1, 0.15) is 0 Å². The lowest BCUT2D eigenvalue weighted by Crippen LogP contribution is -2.34. The Bertz CT molecular complexity index is 2040. The number of methoxy groups -OCH3 is 1. The zero-order chi connectivity index (χ0) is 36.4. The molecule has 50 heavy (non-hydrogen) atoms. The minimum Gasteiger partial charge on any atom is -0.481 e. The Kier molecular flexibility index (Phi) is 10.9. The number of fused-ring (bicyclic) bond motifs is 8. The SMILES string of the molecule is CCC1=C(C)c2cc3[nH]c(cc4nc(c(CC(=O)OC)c5[nH]c(cc1n2)c(C)c5C(=O)NCC(O)CO)C(CCC(=O)O)C4C)c(C)c3CC. The molecule has 3 aromatic heterocycles. The van der Waals surface area contributed by atoms with E-state index in [0.717, 1.165) is 57.5 Å². The third-order valence-electron chi connectivity index (χ3n) is 10.1. The number of carbonyl (C=O) groups is 3. The number of ether oxygens (including phenoxy) is 1. The first-order chi connectivity index (χ1) is 23.8. The van der Waals surface area contributed by atoms with Crippen LogP contribution in [0, 0.1) is 13.8 Å². The summed E-state index contributed by atoms with van der Waals surface area (Å²) < 4.78 is 5.13. The molecule has 12 nitrogen and oxygen atoms in total. The van der Waals surface area contributed by atoms with E-state index in [1.807, 2.05) is 19.1 Å². The fraction of sp³-hybridized carbons (Fsp3) is 0.447. The number of rotatable bonds is 11. The fourth-order valence-electron chi connectivity index (χ4n) is 7.20. The van der Waals surface area contributed by atoms with Gasteiger partial charge in [0.25, 0.3) is 5.91 Å². The van der Waals surface area contributed by atoms with Gasteiger partial charge in [0.05, 0.1) is 54.4 Å². The molecule has 3 atom stereocenters. The number of hydrogen-bond donors (Lipinski definition) is 6. The second-order valence-corrected chi connectivity index (χ2v) is 13.1. The standard InChI is InChI=1S/C38H47N5O7/c1-8-23-18(3)27-13-29-20(5)25(10-11-33(46)47)36(42-29)26(12-34(48)50-7)37-35(38(49)39-16-22(45)17-44)21(6)30(43-37)15-32-24(9-2)19(4)28(41-32)14-31(23)40-27/h13-15,20,22,25,40,43-45H,8-12,16-17H2,1-7H3,(H,39,49)(H,46,47). The quantitative estimate of drug-likeness (QED) is 0.144. The Balaban J connectivity index is 2.00. The minimum absolute atomic E-state index is 0.119. The third kappa shape index (κ3) is 6.95. The summed E-state index contributed by atoms with van der Waals surface area (Å²) in [5, 5.41) is 31.9. The number of aryl methyl sites for hydroxylation is 3. The Morgan fingerprint density at radius 3 is 2.30 bits per heavy atom. The van der Waals surface area contributed by atoms with Crippen LogP contribution in [-0.4, -0.2) is 79.5 Å². The van der Waals surface area contributed by atoms with E-state index in [-0.39, 0.29) is 37.3 Å². The highest BCUT2D eigenvalue weighted by atomic mass is 16.5. The van der Waals surface area contributed by atoms with E-state index in [2.05, 4.69) is 49.0 Å². The summed E-state index contributed by atoms with van der Waals surface area (Å²) in [6, 6.07) is 5.98. The third-order valence-corrected chi connectivity index (χ3v) is 10.1. The molecule has 0 spiro atoms. The van der Waals surface area contributed by atoms with Crippen molar-refractivity contribution < 1.29 is 34.4 Å². The van der Waals surface area contributed by atoms with E-state index in [9.17, 15) is 29.7 Å². The number of aliphatic hydroxyl groups is 2. The number of hydrogen-bond acceptors (Lipinski definition) is 8. The summed E-state index contributed by atoms with van der Waals surface area (Å²) in [5.74, 6) is -2.65. The molecule has 8 bridgehead atoms. The Morgan fingerprint density at radius 1 is 0.960 bits per heavy atom. The van der Waals surface area contributed by atoms with E-state index < -0.39 is 36.5 Å². The molecule has 266 valence electrons. The number of aliphatic carboxylic acids is 1. The Hall–Kier alpha value is -4.81. The van der Waals surface area contributed by atoms with Crippen molar-refractivity contribution in [1.29, 1.82) is 0 Å². The number of nitrogens with one attached hydrogen (secondary N) is 3. The molecule has 3 unspecified atom stereocenters. The topological polar surface area (TPSA) is 191 Å². The van der Waals surface area contributed by atoms with Crippen LogP contribution in [0.3, 0.4) is 0 Å². The van der Waals surface area contributed by atoms with Crippen molar-refractivity contribution in [2.24, 2.45) is 0 Å². The number of carboxylic acids is 1. The highest BCUT2D eigenvalue weighted by Crippen LogP contribution is 2.43. The van der Waals surface area contributed by atoms with Gasteiger partial charge in [-0.05, 0) is 86.1 Å². The molecular formula is C38H47N5O7. The van der Waals surface area contributed by atoms with Crippen molar-refractivity contribution in [3.63, 3.8) is 0 Å². The second kappa shape index (κ2) is 15.0. The summed E-state index contributed by atoms with van der Waals surface area (Å²) in [4.78, 5) is 56.1. The van der Waals surface area contributed by atoms with E-state index in [1.54, 1.807) is 6.92 Å². The zero-order valence-electron chi connectivity index (χ0n) is 29.8. The van der Waals surface area contributed by atoms with Gasteiger partial charge in [0.15, 0.2) is 0 Å². The van der Waals surface area contributed by atoms with Gasteiger partial charge in [-0.25, -0.2) is 4.98 Å². The molecule has 0 aromatic carbocycles. The molecule has 0 saturated carbocycles. The monoisotopic (exact) mass is 685 g/mol. The molecular weight excluding hydrogens is 638 g/mol. The van der Waals surface area contributed by atoms with Crippen LogP contribution in [0.4, 0.5) is 0 Å². The summed E-state index contributed by atoms with van der Waals surface area (Å²) in [5.41, 5.74) is 11.1. The van der Waals surface area contributed by atoms with E-state index in [0.29, 0.717) is 33.5 Å². The number of aromatic nitrogens is 4. The first-order valence-electron chi connectivity index (χ1n) is 17.1. The van der Waals surface area contributed by atoms with Crippen molar-refractivity contribution in [2.75, 3.05) is 20.3 Å². The summed E-state index contributed by atoms with van der Waals surface area (Å²) in [6.45, 7) is 11.4. The maximum Gasteiger partial charge on any atom is 0.310 e. The molecule has 1 amide bonds. The number of aromatic amines is 2. The number of aliphatic hydroxyl groups excluding tert-OH is 2. The van der Waals surface area contributed by atoms with Crippen molar-refractivity contribution >= 4 is 51.1 Å². The normalized spacial score (nSPS) is 16.4. The highest BCUT2D eigenvalue weighted by molar-refractivity contribution is 6.06. The van der Waals surface area contributed by atoms with Gasteiger partial charge in [-0.1, -0.05) is 20.8 Å².